The lowest BCUT2D eigenvalue weighted by Gasteiger charge is -2.28. The van der Waals surface area contributed by atoms with Gasteiger partial charge >= 0.3 is 0 Å². The van der Waals surface area contributed by atoms with E-state index in [1.165, 1.54) is 12.0 Å². The number of benzene rings is 3. The summed E-state index contributed by atoms with van der Waals surface area (Å²) in [6, 6.07) is 19.4. The number of aliphatic hydroxyl groups excluding tert-OH is 1. The summed E-state index contributed by atoms with van der Waals surface area (Å²) in [4.78, 5) is 30.5. The fourth-order valence-electron chi connectivity index (χ4n) is 5.10. The van der Waals surface area contributed by atoms with Crippen molar-refractivity contribution < 1.29 is 28.9 Å². The normalized spacial score (nSPS) is 16.3. The number of nitrogens with zero attached hydrogens (tertiary/aromatic N) is 2. The fraction of sp³-hybridized carbons (Fsp3) is 0.333. The maximum atomic E-state index is 13.4. The maximum absolute atomic E-state index is 13.4. The number of hydrogen-bond donors (Lipinski definition) is 1. The van der Waals surface area contributed by atoms with E-state index >= 15 is 0 Å². The van der Waals surface area contributed by atoms with Gasteiger partial charge in [-0.15, -0.1) is 0 Å². The molecule has 1 fully saturated rings. The molecule has 0 radical (unpaired) electrons. The molecule has 4 rings (SSSR count). The van der Waals surface area contributed by atoms with Crippen molar-refractivity contribution in [1.29, 1.82) is 0 Å². The Balaban J connectivity index is 1.69. The molecule has 1 heterocycles. The summed E-state index contributed by atoms with van der Waals surface area (Å²) in [6.45, 7) is 9.10. The van der Waals surface area contributed by atoms with Crippen molar-refractivity contribution in [3.8, 4) is 17.2 Å². The molecule has 0 aliphatic carbocycles. The van der Waals surface area contributed by atoms with Crippen LogP contribution in [0.5, 0.6) is 17.2 Å². The second-order valence-electron chi connectivity index (χ2n) is 9.94. The van der Waals surface area contributed by atoms with Crippen LogP contribution in [-0.2, 0) is 16.2 Å². The van der Waals surface area contributed by atoms with Gasteiger partial charge in [-0.2, -0.15) is 0 Å². The summed E-state index contributed by atoms with van der Waals surface area (Å²) in [5.41, 5.74) is 3.30. The molecular weight excluding hydrogens is 520 g/mol. The molecule has 8 heteroatoms. The lowest BCUT2D eigenvalue weighted by Crippen LogP contribution is -2.38. The van der Waals surface area contributed by atoms with E-state index in [4.69, 9.17) is 14.2 Å². The van der Waals surface area contributed by atoms with Crippen LogP contribution in [0.3, 0.4) is 0 Å². The van der Waals surface area contributed by atoms with E-state index in [-0.39, 0.29) is 11.3 Å². The SMILES string of the molecule is CCN(CC)CCN1C(=O)C(=O)C(=C(O)c2ccc(OCc3cccc(C)c3)cc2)C1c1ccc(OC)c(OC)c1. The van der Waals surface area contributed by atoms with Gasteiger partial charge in [-0.05, 0) is 67.5 Å². The Morgan fingerprint density at radius 3 is 2.27 bits per heavy atom. The number of Topliss-reactive ketones (excluding diaryl/α,β-unsaturated/α-hetero) is 1. The molecule has 41 heavy (non-hydrogen) atoms. The van der Waals surface area contributed by atoms with E-state index in [0.717, 1.165) is 24.2 Å². The van der Waals surface area contributed by atoms with Gasteiger partial charge in [0.2, 0.25) is 0 Å². The number of amides is 1. The second-order valence-corrected chi connectivity index (χ2v) is 9.94. The first-order valence-electron chi connectivity index (χ1n) is 13.8. The van der Waals surface area contributed by atoms with Crippen molar-refractivity contribution in [2.24, 2.45) is 0 Å². The van der Waals surface area contributed by atoms with Crippen LogP contribution in [0.4, 0.5) is 0 Å². The van der Waals surface area contributed by atoms with Crippen molar-refractivity contribution in [2.75, 3.05) is 40.4 Å². The largest absolute Gasteiger partial charge is 0.507 e. The number of likely N-dealkylation sites (N-methyl/N-ethyl adjacent to an activating group) is 1. The van der Waals surface area contributed by atoms with Gasteiger partial charge in [-0.25, -0.2) is 0 Å². The number of carbonyl (C=O) groups excluding carboxylic acids is 2. The number of rotatable bonds is 12. The first-order valence-corrected chi connectivity index (χ1v) is 13.8. The van der Waals surface area contributed by atoms with E-state index in [1.54, 1.807) is 49.6 Å². The smallest absolute Gasteiger partial charge is 0.295 e. The molecule has 8 nitrogen and oxygen atoms in total. The first kappa shape index (κ1) is 29.7. The van der Waals surface area contributed by atoms with Crippen LogP contribution in [-0.4, -0.2) is 67.0 Å². The molecule has 1 saturated heterocycles. The van der Waals surface area contributed by atoms with Crippen molar-refractivity contribution >= 4 is 17.4 Å². The Morgan fingerprint density at radius 2 is 1.63 bits per heavy atom. The molecule has 1 aliphatic heterocycles. The van der Waals surface area contributed by atoms with E-state index in [0.29, 0.717) is 48.1 Å². The van der Waals surface area contributed by atoms with E-state index in [9.17, 15) is 14.7 Å². The highest BCUT2D eigenvalue weighted by atomic mass is 16.5. The standard InChI is InChI=1S/C33H38N2O6/c1-6-34(7-2)17-18-35-30(25-13-16-27(39-4)28(20-25)40-5)29(32(37)33(35)38)31(36)24-11-14-26(15-12-24)41-21-23-10-8-9-22(3)19-23/h8-16,19-20,30,36H,6-7,17-18,21H2,1-5H3. The number of ether oxygens (including phenoxy) is 3. The minimum Gasteiger partial charge on any atom is -0.507 e. The molecule has 0 saturated carbocycles. The van der Waals surface area contributed by atoms with Gasteiger partial charge in [0.1, 0.15) is 18.1 Å². The Labute approximate surface area is 241 Å². The quantitative estimate of drug-likeness (QED) is 0.182. The number of hydrogen-bond acceptors (Lipinski definition) is 7. The van der Waals surface area contributed by atoms with Crippen LogP contribution in [0.15, 0.2) is 72.3 Å². The summed E-state index contributed by atoms with van der Waals surface area (Å²) in [7, 11) is 3.07. The van der Waals surface area contributed by atoms with E-state index < -0.39 is 17.7 Å². The third-order valence-corrected chi connectivity index (χ3v) is 7.43. The molecule has 1 aliphatic rings. The Morgan fingerprint density at radius 1 is 0.927 bits per heavy atom. The highest BCUT2D eigenvalue weighted by molar-refractivity contribution is 6.46. The number of carbonyl (C=O) groups is 2. The van der Waals surface area contributed by atoms with Gasteiger partial charge in [0.25, 0.3) is 11.7 Å². The van der Waals surface area contributed by atoms with Gasteiger partial charge in [0.05, 0.1) is 25.8 Å². The fourth-order valence-corrected chi connectivity index (χ4v) is 5.10. The average Bonchev–Trinajstić information content (AvgIpc) is 3.25. The molecule has 1 amide bonds. The van der Waals surface area contributed by atoms with Gasteiger partial charge in [0, 0.05) is 18.7 Å². The zero-order valence-electron chi connectivity index (χ0n) is 24.3. The number of ketones is 1. The number of aliphatic hydroxyl groups is 1. The molecule has 1 atom stereocenters. The van der Waals surface area contributed by atoms with Crippen molar-refractivity contribution in [2.45, 2.75) is 33.4 Å². The molecular formula is C33H38N2O6. The molecule has 3 aromatic rings. The lowest BCUT2D eigenvalue weighted by molar-refractivity contribution is -0.140. The number of methoxy groups -OCH3 is 2. The van der Waals surface area contributed by atoms with Crippen LogP contribution in [0.2, 0.25) is 0 Å². The topological polar surface area (TPSA) is 88.5 Å². The van der Waals surface area contributed by atoms with E-state index in [1.807, 2.05) is 25.1 Å². The summed E-state index contributed by atoms with van der Waals surface area (Å²) >= 11 is 0. The van der Waals surface area contributed by atoms with Crippen LogP contribution in [0.1, 0.15) is 42.1 Å². The van der Waals surface area contributed by atoms with Crippen LogP contribution < -0.4 is 14.2 Å². The molecule has 0 spiro atoms. The second kappa shape index (κ2) is 13.4. The first-order chi connectivity index (χ1) is 19.8. The third-order valence-electron chi connectivity index (χ3n) is 7.43. The van der Waals surface area contributed by atoms with Crippen LogP contribution in [0.25, 0.3) is 5.76 Å². The van der Waals surface area contributed by atoms with Crippen molar-refractivity contribution in [3.63, 3.8) is 0 Å². The molecule has 3 aromatic carbocycles. The summed E-state index contributed by atoms with van der Waals surface area (Å²) in [6.07, 6.45) is 0. The molecule has 1 N–H and O–H groups in total. The molecule has 1 unspecified atom stereocenters. The maximum Gasteiger partial charge on any atom is 0.295 e. The van der Waals surface area contributed by atoms with Crippen molar-refractivity contribution in [3.05, 3.63) is 94.6 Å². The predicted octanol–water partition coefficient (Wildman–Crippen LogP) is 5.35. The molecule has 216 valence electrons. The number of aryl methyl sites for hydroxylation is 1. The third kappa shape index (κ3) is 6.55. The van der Waals surface area contributed by atoms with Gasteiger partial charge in [0.15, 0.2) is 11.5 Å². The van der Waals surface area contributed by atoms with Crippen LogP contribution >= 0.6 is 0 Å². The average molecular weight is 559 g/mol. The highest BCUT2D eigenvalue weighted by Gasteiger charge is 2.46. The van der Waals surface area contributed by atoms with Crippen LogP contribution in [0, 0.1) is 6.92 Å². The Kier molecular flexibility index (Phi) is 9.68. The molecule has 0 bridgehead atoms. The highest BCUT2D eigenvalue weighted by Crippen LogP contribution is 2.42. The minimum absolute atomic E-state index is 0.0372. The summed E-state index contributed by atoms with van der Waals surface area (Å²) < 4.78 is 16.8. The van der Waals surface area contributed by atoms with Crippen molar-refractivity contribution in [1.82, 2.24) is 9.80 Å². The lowest BCUT2D eigenvalue weighted by atomic mass is 9.95. The predicted molar refractivity (Wildman–Crippen MR) is 158 cm³/mol. The minimum atomic E-state index is -0.789. The zero-order chi connectivity index (χ0) is 29.5. The zero-order valence-corrected chi connectivity index (χ0v) is 24.3. The van der Waals surface area contributed by atoms with E-state index in [2.05, 4.69) is 24.8 Å². The van der Waals surface area contributed by atoms with Gasteiger partial charge in [-0.1, -0.05) is 49.7 Å². The Hall–Kier alpha value is -4.30. The summed E-state index contributed by atoms with van der Waals surface area (Å²) in [5.74, 6) is 0.0168. The molecule has 0 aromatic heterocycles. The monoisotopic (exact) mass is 558 g/mol. The van der Waals surface area contributed by atoms with Gasteiger partial charge in [-0.3, -0.25) is 9.59 Å². The van der Waals surface area contributed by atoms with Gasteiger partial charge < -0.3 is 29.1 Å². The number of likely N-dealkylation sites (tertiary alicyclic amines) is 1. The summed E-state index contributed by atoms with van der Waals surface area (Å²) in [5, 5.41) is 11.5. The Bertz CT molecular complexity index is 1410.